The van der Waals surface area contributed by atoms with Crippen molar-refractivity contribution in [3.05, 3.63) is 28.8 Å². The normalized spacial score (nSPS) is 12.5. The highest BCUT2D eigenvalue weighted by Crippen LogP contribution is 2.27. The molecule has 0 aliphatic heterocycles. The Hall–Kier alpha value is -0.770. The molecule has 1 aromatic rings. The fourth-order valence-electron chi connectivity index (χ4n) is 1.58. The van der Waals surface area contributed by atoms with Gasteiger partial charge in [0, 0.05) is 23.2 Å². The smallest absolute Gasteiger partial charge is 0.124 e. The van der Waals surface area contributed by atoms with E-state index in [1.807, 2.05) is 19.1 Å². The maximum atomic E-state index is 8.66. The molecular weight excluding hydrogens is 238 g/mol. The van der Waals surface area contributed by atoms with Crippen LogP contribution in [0.4, 0.5) is 0 Å². The average Bonchev–Trinajstić information content (AvgIpc) is 2.30. The molecule has 1 atom stereocenters. The fourth-order valence-corrected chi connectivity index (χ4v) is 1.76. The van der Waals surface area contributed by atoms with Gasteiger partial charge in [-0.15, -0.1) is 0 Å². The molecule has 1 unspecified atom stereocenters. The van der Waals surface area contributed by atoms with Crippen molar-refractivity contribution >= 4 is 11.6 Å². The Labute approximate surface area is 108 Å². The molecule has 17 heavy (non-hydrogen) atoms. The van der Waals surface area contributed by atoms with Gasteiger partial charge in [-0.25, -0.2) is 0 Å². The first-order valence-electron chi connectivity index (χ1n) is 5.94. The molecule has 0 aliphatic rings. The van der Waals surface area contributed by atoms with E-state index in [0.717, 1.165) is 30.6 Å². The standard InChI is InChI=1S/C13H20ClNO2/c1-10(15)12-9-11(14)5-6-13(12)17-8-4-2-3-7-16/h5-6,9-10,16H,2-4,7-8,15H2,1H3. The number of unbranched alkanes of at least 4 members (excludes halogenated alkanes) is 2. The Balaban J connectivity index is 2.52. The summed E-state index contributed by atoms with van der Waals surface area (Å²) < 4.78 is 5.68. The highest BCUT2D eigenvalue weighted by atomic mass is 35.5. The van der Waals surface area contributed by atoms with Crippen LogP contribution in [-0.2, 0) is 0 Å². The first-order chi connectivity index (χ1) is 8.15. The van der Waals surface area contributed by atoms with Crippen molar-refractivity contribution in [2.45, 2.75) is 32.2 Å². The Morgan fingerprint density at radius 2 is 2.12 bits per heavy atom. The summed E-state index contributed by atoms with van der Waals surface area (Å²) in [6, 6.07) is 5.40. The van der Waals surface area contributed by atoms with E-state index in [2.05, 4.69) is 0 Å². The molecule has 1 aromatic carbocycles. The van der Waals surface area contributed by atoms with Crippen LogP contribution >= 0.6 is 11.6 Å². The molecule has 0 amide bonds. The molecule has 0 aliphatic carbocycles. The zero-order valence-electron chi connectivity index (χ0n) is 10.2. The number of aliphatic hydroxyl groups excluding tert-OH is 1. The highest BCUT2D eigenvalue weighted by Gasteiger charge is 2.08. The summed E-state index contributed by atoms with van der Waals surface area (Å²) in [5, 5.41) is 9.33. The number of hydrogen-bond donors (Lipinski definition) is 2. The molecule has 0 radical (unpaired) electrons. The summed E-state index contributed by atoms with van der Waals surface area (Å²) in [6.45, 7) is 2.79. The lowest BCUT2D eigenvalue weighted by molar-refractivity contribution is 0.265. The molecule has 3 N–H and O–H groups in total. The van der Waals surface area contributed by atoms with Crippen molar-refractivity contribution in [3.8, 4) is 5.75 Å². The number of benzene rings is 1. The van der Waals surface area contributed by atoms with Gasteiger partial charge in [-0.1, -0.05) is 11.6 Å². The molecule has 0 aromatic heterocycles. The molecular formula is C13H20ClNO2. The number of halogens is 1. The first-order valence-corrected chi connectivity index (χ1v) is 6.31. The number of hydrogen-bond acceptors (Lipinski definition) is 3. The summed E-state index contributed by atoms with van der Waals surface area (Å²) in [7, 11) is 0. The van der Waals surface area contributed by atoms with E-state index in [1.165, 1.54) is 0 Å². The van der Waals surface area contributed by atoms with E-state index in [4.69, 9.17) is 27.2 Å². The number of rotatable bonds is 7. The van der Waals surface area contributed by atoms with Crippen molar-refractivity contribution in [3.63, 3.8) is 0 Å². The monoisotopic (exact) mass is 257 g/mol. The molecule has 0 fully saturated rings. The van der Waals surface area contributed by atoms with Crippen LogP contribution in [-0.4, -0.2) is 18.3 Å². The van der Waals surface area contributed by atoms with Crippen LogP contribution in [0.5, 0.6) is 5.75 Å². The second-order valence-electron chi connectivity index (χ2n) is 4.10. The predicted molar refractivity (Wildman–Crippen MR) is 70.5 cm³/mol. The maximum Gasteiger partial charge on any atom is 0.124 e. The summed E-state index contributed by atoms with van der Waals surface area (Å²) >= 11 is 5.92. The van der Waals surface area contributed by atoms with Gasteiger partial charge in [-0.3, -0.25) is 0 Å². The molecule has 0 spiro atoms. The van der Waals surface area contributed by atoms with Gasteiger partial charge in [0.15, 0.2) is 0 Å². The second-order valence-corrected chi connectivity index (χ2v) is 4.54. The zero-order valence-corrected chi connectivity index (χ0v) is 10.9. The summed E-state index contributed by atoms with van der Waals surface area (Å²) in [6.07, 6.45) is 2.73. The zero-order chi connectivity index (χ0) is 12.7. The maximum absolute atomic E-state index is 8.66. The van der Waals surface area contributed by atoms with Crippen LogP contribution in [0.25, 0.3) is 0 Å². The quantitative estimate of drug-likeness (QED) is 0.739. The molecule has 0 bridgehead atoms. The fraction of sp³-hybridized carbons (Fsp3) is 0.538. The van der Waals surface area contributed by atoms with E-state index >= 15 is 0 Å². The van der Waals surface area contributed by atoms with Gasteiger partial charge in [-0.05, 0) is 44.4 Å². The van der Waals surface area contributed by atoms with Gasteiger partial charge in [0.2, 0.25) is 0 Å². The lowest BCUT2D eigenvalue weighted by Gasteiger charge is -2.14. The van der Waals surface area contributed by atoms with E-state index in [-0.39, 0.29) is 12.6 Å². The second kappa shape index (κ2) is 7.54. The molecule has 0 saturated heterocycles. The van der Waals surface area contributed by atoms with Crippen molar-refractivity contribution in [2.75, 3.05) is 13.2 Å². The van der Waals surface area contributed by atoms with Crippen LogP contribution < -0.4 is 10.5 Å². The minimum absolute atomic E-state index is 0.0962. The van der Waals surface area contributed by atoms with Crippen molar-refractivity contribution in [2.24, 2.45) is 5.73 Å². The molecule has 0 heterocycles. The third-order valence-electron chi connectivity index (χ3n) is 2.52. The van der Waals surface area contributed by atoms with Crippen molar-refractivity contribution < 1.29 is 9.84 Å². The van der Waals surface area contributed by atoms with Crippen molar-refractivity contribution in [1.82, 2.24) is 0 Å². The molecule has 0 saturated carbocycles. The molecule has 96 valence electrons. The van der Waals surface area contributed by atoms with Crippen LogP contribution in [0.3, 0.4) is 0 Å². The Kier molecular flexibility index (Phi) is 6.34. The highest BCUT2D eigenvalue weighted by molar-refractivity contribution is 6.30. The third-order valence-corrected chi connectivity index (χ3v) is 2.76. The summed E-state index contributed by atoms with van der Waals surface area (Å²) in [5.41, 5.74) is 6.79. The molecule has 3 nitrogen and oxygen atoms in total. The summed E-state index contributed by atoms with van der Waals surface area (Å²) in [5.74, 6) is 0.799. The Morgan fingerprint density at radius 1 is 1.35 bits per heavy atom. The number of nitrogens with two attached hydrogens (primary N) is 1. The van der Waals surface area contributed by atoms with Gasteiger partial charge < -0.3 is 15.6 Å². The van der Waals surface area contributed by atoms with Crippen molar-refractivity contribution in [1.29, 1.82) is 0 Å². The van der Waals surface area contributed by atoms with Gasteiger partial charge in [0.25, 0.3) is 0 Å². The number of ether oxygens (including phenoxy) is 1. The number of aliphatic hydroxyl groups is 1. The minimum atomic E-state index is -0.0962. The first kappa shape index (κ1) is 14.3. The van der Waals surface area contributed by atoms with E-state index < -0.39 is 0 Å². The largest absolute Gasteiger partial charge is 0.493 e. The van der Waals surface area contributed by atoms with Crippen LogP contribution in [0.2, 0.25) is 5.02 Å². The minimum Gasteiger partial charge on any atom is -0.493 e. The van der Waals surface area contributed by atoms with E-state index in [1.54, 1.807) is 6.07 Å². The van der Waals surface area contributed by atoms with Crippen LogP contribution in [0.1, 0.15) is 37.8 Å². The van der Waals surface area contributed by atoms with Gasteiger partial charge >= 0.3 is 0 Å². The van der Waals surface area contributed by atoms with Gasteiger partial charge in [-0.2, -0.15) is 0 Å². The summed E-state index contributed by atoms with van der Waals surface area (Å²) in [4.78, 5) is 0. The molecule has 1 rings (SSSR count). The third kappa shape index (κ3) is 4.94. The van der Waals surface area contributed by atoms with Gasteiger partial charge in [0.1, 0.15) is 5.75 Å². The van der Waals surface area contributed by atoms with Crippen LogP contribution in [0, 0.1) is 0 Å². The predicted octanol–water partition coefficient (Wildman–Crippen LogP) is 2.90. The Morgan fingerprint density at radius 3 is 2.76 bits per heavy atom. The van der Waals surface area contributed by atoms with Crippen LogP contribution in [0.15, 0.2) is 18.2 Å². The molecule has 4 heteroatoms. The lowest BCUT2D eigenvalue weighted by Crippen LogP contribution is -2.08. The van der Waals surface area contributed by atoms with Gasteiger partial charge in [0.05, 0.1) is 6.61 Å². The average molecular weight is 258 g/mol. The van der Waals surface area contributed by atoms with E-state index in [9.17, 15) is 0 Å². The Bertz CT molecular complexity index is 342. The van der Waals surface area contributed by atoms with E-state index in [0.29, 0.717) is 11.6 Å². The lowest BCUT2D eigenvalue weighted by atomic mass is 10.1. The SMILES string of the molecule is CC(N)c1cc(Cl)ccc1OCCCCCO. The topological polar surface area (TPSA) is 55.5 Å².